The first-order valence-corrected chi connectivity index (χ1v) is 11.9. The number of amides is 2. The highest BCUT2D eigenvalue weighted by Crippen LogP contribution is 2.33. The summed E-state index contributed by atoms with van der Waals surface area (Å²) in [5, 5.41) is 16.1. The minimum atomic E-state index is -0.703. The van der Waals surface area contributed by atoms with Crippen LogP contribution in [0.25, 0.3) is 0 Å². The van der Waals surface area contributed by atoms with Gasteiger partial charge in [0.25, 0.3) is 11.8 Å². The molecule has 0 saturated heterocycles. The van der Waals surface area contributed by atoms with E-state index in [4.69, 9.17) is 14.2 Å². The summed E-state index contributed by atoms with van der Waals surface area (Å²) in [6, 6.07) is 8.61. The van der Waals surface area contributed by atoms with Gasteiger partial charge in [-0.3, -0.25) is 9.59 Å². The summed E-state index contributed by atoms with van der Waals surface area (Å²) in [6.07, 6.45) is 3.17. The van der Waals surface area contributed by atoms with Crippen molar-refractivity contribution in [3.05, 3.63) is 71.4 Å². The van der Waals surface area contributed by atoms with Gasteiger partial charge in [0.05, 0.1) is 20.4 Å². The molecular weight excluding hydrogens is 500 g/mol. The van der Waals surface area contributed by atoms with E-state index >= 15 is 0 Å². The molecule has 1 saturated carbocycles. The fourth-order valence-electron chi connectivity index (χ4n) is 4.27. The van der Waals surface area contributed by atoms with Gasteiger partial charge in [-0.1, -0.05) is 0 Å². The van der Waals surface area contributed by atoms with Crippen LogP contribution in [-0.2, 0) is 0 Å². The van der Waals surface area contributed by atoms with Crippen molar-refractivity contribution >= 4 is 11.8 Å². The van der Waals surface area contributed by atoms with E-state index in [1.165, 1.54) is 50.6 Å². The Kier molecular flexibility index (Phi) is 8.25. The summed E-state index contributed by atoms with van der Waals surface area (Å²) in [5.41, 5.74) is -0.0807. The number of benzene rings is 2. The number of hydrogen-bond donors (Lipinski definition) is 3. The molecule has 2 aromatic carbocycles. The van der Waals surface area contributed by atoms with Crippen molar-refractivity contribution in [2.75, 3.05) is 14.2 Å². The highest BCUT2D eigenvalue weighted by Gasteiger charge is 2.28. The molecule has 0 radical (unpaired) electrons. The average molecular weight is 528 g/mol. The molecule has 0 aliphatic heterocycles. The summed E-state index contributed by atoms with van der Waals surface area (Å²) in [6.45, 7) is 0. The normalized spacial score (nSPS) is 16.8. The topological polar surface area (TPSA) is 119 Å². The van der Waals surface area contributed by atoms with Gasteiger partial charge >= 0.3 is 0 Å². The fourth-order valence-corrected chi connectivity index (χ4v) is 4.27. The predicted octanol–water partition coefficient (Wildman–Crippen LogP) is 4.35. The van der Waals surface area contributed by atoms with E-state index in [2.05, 4.69) is 15.6 Å². The number of phenols is 1. The minimum Gasteiger partial charge on any atom is -0.507 e. The first-order valence-electron chi connectivity index (χ1n) is 11.9. The highest BCUT2D eigenvalue weighted by molar-refractivity contribution is 6.00. The van der Waals surface area contributed by atoms with E-state index in [0.29, 0.717) is 31.4 Å². The van der Waals surface area contributed by atoms with E-state index in [0.717, 1.165) is 12.3 Å². The third kappa shape index (κ3) is 6.28. The molecule has 1 aromatic heterocycles. The van der Waals surface area contributed by atoms with E-state index in [9.17, 15) is 23.5 Å². The molecule has 0 spiro atoms. The van der Waals surface area contributed by atoms with Gasteiger partial charge in [-0.2, -0.15) is 0 Å². The molecule has 1 aliphatic carbocycles. The summed E-state index contributed by atoms with van der Waals surface area (Å²) in [7, 11) is 2.83. The van der Waals surface area contributed by atoms with Crippen molar-refractivity contribution in [1.82, 2.24) is 15.6 Å². The Morgan fingerprint density at radius 2 is 1.50 bits per heavy atom. The molecule has 38 heavy (non-hydrogen) atoms. The first-order chi connectivity index (χ1) is 18.3. The number of ether oxygens (including phenoxy) is 3. The Labute approximate surface area is 217 Å². The summed E-state index contributed by atoms with van der Waals surface area (Å²) >= 11 is 0. The van der Waals surface area contributed by atoms with Crippen LogP contribution in [0.2, 0.25) is 0 Å². The number of phenolic OH excluding ortho intramolecular Hbond substituents is 1. The number of rotatable bonds is 8. The smallest absolute Gasteiger partial charge is 0.259 e. The molecule has 0 atom stereocenters. The van der Waals surface area contributed by atoms with Crippen molar-refractivity contribution in [1.29, 1.82) is 0 Å². The maximum atomic E-state index is 13.9. The third-order valence-corrected chi connectivity index (χ3v) is 6.23. The van der Waals surface area contributed by atoms with Gasteiger partial charge in [-0.25, -0.2) is 13.8 Å². The summed E-state index contributed by atoms with van der Waals surface area (Å²) in [5.74, 6) is -1.78. The second-order valence-electron chi connectivity index (χ2n) is 8.78. The number of nitrogens with zero attached hydrogens (tertiary/aromatic N) is 1. The van der Waals surface area contributed by atoms with Crippen LogP contribution in [0.3, 0.4) is 0 Å². The zero-order valence-corrected chi connectivity index (χ0v) is 20.8. The lowest BCUT2D eigenvalue weighted by molar-refractivity contribution is 0.0886. The Bertz CT molecular complexity index is 1310. The average Bonchev–Trinajstić information content (AvgIpc) is 2.91. The molecule has 3 aromatic rings. The number of nitrogens with one attached hydrogen (secondary N) is 2. The van der Waals surface area contributed by atoms with Crippen LogP contribution in [-0.4, -0.2) is 48.2 Å². The molecule has 1 heterocycles. The van der Waals surface area contributed by atoms with E-state index in [1.54, 1.807) is 0 Å². The fraction of sp³-hybridized carbons (Fsp3) is 0.296. The molecule has 9 nitrogen and oxygen atoms in total. The zero-order valence-electron chi connectivity index (χ0n) is 20.8. The predicted molar refractivity (Wildman–Crippen MR) is 133 cm³/mol. The summed E-state index contributed by atoms with van der Waals surface area (Å²) < 4.78 is 43.0. The molecule has 11 heteroatoms. The Morgan fingerprint density at radius 1 is 0.868 bits per heavy atom. The van der Waals surface area contributed by atoms with E-state index in [1.807, 2.05) is 0 Å². The van der Waals surface area contributed by atoms with Crippen LogP contribution in [0.1, 0.15) is 46.4 Å². The maximum Gasteiger partial charge on any atom is 0.259 e. The van der Waals surface area contributed by atoms with Crippen LogP contribution < -0.4 is 24.8 Å². The van der Waals surface area contributed by atoms with Gasteiger partial charge in [0, 0.05) is 24.2 Å². The molecule has 1 fully saturated rings. The highest BCUT2D eigenvalue weighted by atomic mass is 19.1. The van der Waals surface area contributed by atoms with Gasteiger partial charge in [-0.05, 0) is 56.0 Å². The van der Waals surface area contributed by atoms with Crippen LogP contribution in [0.15, 0.2) is 48.7 Å². The lowest BCUT2D eigenvalue weighted by Gasteiger charge is -2.30. The Morgan fingerprint density at radius 3 is 2.11 bits per heavy atom. The van der Waals surface area contributed by atoms with Crippen molar-refractivity contribution < 1.29 is 37.7 Å². The van der Waals surface area contributed by atoms with Crippen LogP contribution in [0, 0.1) is 11.6 Å². The van der Waals surface area contributed by atoms with Gasteiger partial charge in [-0.15, -0.1) is 0 Å². The number of halogens is 2. The van der Waals surface area contributed by atoms with Crippen LogP contribution in [0.4, 0.5) is 8.78 Å². The standard InChI is InChI=1S/C27H27F2N3O6/c1-36-20-12-22(33)24(23(13-20)37-2)26(35)32-18-7-5-17(6-8-18)31-25(34)21-11-16(29)14-30-27(21)38-19-9-3-15(28)4-10-19/h3-4,9-14,17-18,33H,5-8H2,1-2H3,(H,31,34)(H,32,35). The van der Waals surface area contributed by atoms with Crippen molar-refractivity contribution in [3.63, 3.8) is 0 Å². The molecule has 0 bridgehead atoms. The number of carbonyl (C=O) groups is 2. The molecule has 0 unspecified atom stereocenters. The second kappa shape index (κ2) is 11.8. The molecule has 2 amide bonds. The molecular formula is C27H27F2N3O6. The molecule has 1 aliphatic rings. The molecule has 3 N–H and O–H groups in total. The largest absolute Gasteiger partial charge is 0.507 e. The van der Waals surface area contributed by atoms with Crippen LogP contribution in [0.5, 0.6) is 28.9 Å². The lowest BCUT2D eigenvalue weighted by atomic mass is 9.90. The quantitative estimate of drug-likeness (QED) is 0.399. The Balaban J connectivity index is 1.36. The summed E-state index contributed by atoms with van der Waals surface area (Å²) in [4.78, 5) is 29.7. The van der Waals surface area contributed by atoms with Gasteiger partial charge in [0.1, 0.15) is 45.8 Å². The number of hydrogen-bond acceptors (Lipinski definition) is 7. The minimum absolute atomic E-state index is 0.0102. The molecule has 200 valence electrons. The zero-order chi connectivity index (χ0) is 27.2. The van der Waals surface area contributed by atoms with Gasteiger partial charge in [0.2, 0.25) is 5.88 Å². The molecule has 4 rings (SSSR count). The number of pyridine rings is 1. The van der Waals surface area contributed by atoms with E-state index < -0.39 is 23.4 Å². The van der Waals surface area contributed by atoms with Crippen molar-refractivity contribution in [2.45, 2.75) is 37.8 Å². The number of methoxy groups -OCH3 is 2. The lowest BCUT2D eigenvalue weighted by Crippen LogP contribution is -2.44. The monoisotopic (exact) mass is 527 g/mol. The van der Waals surface area contributed by atoms with Gasteiger partial charge in [0.15, 0.2) is 0 Å². The number of aromatic hydroxyl groups is 1. The second-order valence-corrected chi connectivity index (χ2v) is 8.78. The number of carbonyl (C=O) groups excluding carboxylic acids is 2. The SMILES string of the molecule is COc1cc(O)c(C(=O)NC2CCC(NC(=O)c3cc(F)cnc3Oc3ccc(F)cc3)CC2)c(OC)c1. The first kappa shape index (κ1) is 26.6. The Hall–Kier alpha value is -4.41. The van der Waals surface area contributed by atoms with Crippen molar-refractivity contribution in [2.24, 2.45) is 0 Å². The van der Waals surface area contributed by atoms with Crippen molar-refractivity contribution in [3.8, 4) is 28.9 Å². The maximum absolute atomic E-state index is 13.9. The van der Waals surface area contributed by atoms with E-state index in [-0.39, 0.29) is 46.3 Å². The number of aromatic nitrogens is 1. The van der Waals surface area contributed by atoms with Gasteiger partial charge < -0.3 is 30.0 Å². The third-order valence-electron chi connectivity index (χ3n) is 6.23. The van der Waals surface area contributed by atoms with Crippen LogP contribution >= 0.6 is 0 Å².